The van der Waals surface area contributed by atoms with Gasteiger partial charge in [-0.25, -0.2) is 27.8 Å². The van der Waals surface area contributed by atoms with Crippen LogP contribution < -0.4 is 10.6 Å². The minimum absolute atomic E-state index is 0.0641. The number of nitrogens with one attached hydrogen (secondary N) is 3. The first-order valence-electron chi connectivity index (χ1n) is 9.89. The van der Waals surface area contributed by atoms with Gasteiger partial charge in [-0.1, -0.05) is 12.8 Å². The standard InChI is InChI=1S/C18H25N5O8S/c1-11(24)10-19-17(25)31-23(30-12-5-3-4-6-12)32(27,28)13-7-8-14-15(9-13)21-16(20-14)22-18(26)29-2/h7-9,11-12,24H,3-6,10H2,1-2H3,(H,19,25)(H2,20,21,22,26). The number of carbonyl (C=O) groups excluding carboxylic acids is 2. The summed E-state index contributed by atoms with van der Waals surface area (Å²) in [4.78, 5) is 40.5. The van der Waals surface area contributed by atoms with Gasteiger partial charge in [-0.05, 0) is 38.0 Å². The highest BCUT2D eigenvalue weighted by atomic mass is 32.2. The van der Waals surface area contributed by atoms with E-state index in [2.05, 4.69) is 25.3 Å². The van der Waals surface area contributed by atoms with Crippen molar-refractivity contribution >= 4 is 39.2 Å². The van der Waals surface area contributed by atoms with Crippen LogP contribution in [-0.2, 0) is 24.4 Å². The Kier molecular flexibility index (Phi) is 7.50. The number of carbonyl (C=O) groups is 2. The summed E-state index contributed by atoms with van der Waals surface area (Å²) in [6, 6.07) is 3.95. The molecule has 0 saturated heterocycles. The highest BCUT2D eigenvalue weighted by Gasteiger charge is 2.34. The normalized spacial score (nSPS) is 15.6. The van der Waals surface area contributed by atoms with E-state index in [0.29, 0.717) is 23.9 Å². The molecule has 0 bridgehead atoms. The first kappa shape index (κ1) is 23.7. The largest absolute Gasteiger partial charge is 0.453 e. The molecule has 1 aromatic heterocycles. The van der Waals surface area contributed by atoms with Crippen LogP contribution in [0.15, 0.2) is 23.1 Å². The average molecular weight is 471 g/mol. The summed E-state index contributed by atoms with van der Waals surface area (Å²) in [6.45, 7) is 1.32. The van der Waals surface area contributed by atoms with Gasteiger partial charge in [0.05, 0.1) is 35.2 Å². The predicted molar refractivity (Wildman–Crippen MR) is 111 cm³/mol. The van der Waals surface area contributed by atoms with Gasteiger partial charge < -0.3 is 25.0 Å². The molecule has 1 aromatic carbocycles. The van der Waals surface area contributed by atoms with E-state index in [-0.39, 0.29) is 22.0 Å². The Labute approximate surface area is 184 Å². The van der Waals surface area contributed by atoms with Gasteiger partial charge in [0.2, 0.25) is 5.95 Å². The number of ether oxygens (including phenoxy) is 1. The Balaban J connectivity index is 1.85. The Bertz CT molecular complexity index is 1060. The molecule has 1 heterocycles. The van der Waals surface area contributed by atoms with Crippen molar-refractivity contribution in [2.75, 3.05) is 19.0 Å². The Morgan fingerprint density at radius 1 is 1.31 bits per heavy atom. The zero-order valence-electron chi connectivity index (χ0n) is 17.5. The molecule has 1 atom stereocenters. The van der Waals surface area contributed by atoms with Crippen LogP contribution in [0.5, 0.6) is 0 Å². The Morgan fingerprint density at radius 2 is 2.03 bits per heavy atom. The van der Waals surface area contributed by atoms with Crippen molar-refractivity contribution in [3.05, 3.63) is 18.2 Å². The molecule has 32 heavy (non-hydrogen) atoms. The number of hydrogen-bond acceptors (Lipinski definition) is 9. The second-order valence-corrected chi connectivity index (χ2v) is 8.92. The molecule has 1 unspecified atom stereocenters. The zero-order valence-corrected chi connectivity index (χ0v) is 18.3. The fourth-order valence-corrected chi connectivity index (χ4v) is 4.10. The fourth-order valence-electron chi connectivity index (χ4n) is 3.02. The third kappa shape index (κ3) is 5.85. The van der Waals surface area contributed by atoms with E-state index in [1.807, 2.05) is 0 Å². The van der Waals surface area contributed by atoms with Gasteiger partial charge in [-0.2, -0.15) is 0 Å². The summed E-state index contributed by atoms with van der Waals surface area (Å²) >= 11 is 0. The molecule has 14 heteroatoms. The lowest BCUT2D eigenvalue weighted by Gasteiger charge is -2.23. The smallest absolute Gasteiger partial charge is 0.429 e. The molecular weight excluding hydrogens is 446 g/mol. The van der Waals surface area contributed by atoms with E-state index >= 15 is 0 Å². The number of nitrogens with zero attached hydrogens (tertiary/aromatic N) is 2. The van der Waals surface area contributed by atoms with E-state index in [4.69, 9.17) is 9.68 Å². The van der Waals surface area contributed by atoms with Crippen molar-refractivity contribution < 1.29 is 37.5 Å². The topological polar surface area (TPSA) is 172 Å². The summed E-state index contributed by atoms with van der Waals surface area (Å²) < 4.78 is 31.1. The highest BCUT2D eigenvalue weighted by molar-refractivity contribution is 7.88. The summed E-state index contributed by atoms with van der Waals surface area (Å²) in [5, 5.41) is 13.9. The molecule has 1 aliphatic carbocycles. The average Bonchev–Trinajstić information content (AvgIpc) is 3.40. The van der Waals surface area contributed by atoms with E-state index in [1.165, 1.54) is 32.2 Å². The van der Waals surface area contributed by atoms with Gasteiger partial charge in [0.25, 0.3) is 10.0 Å². The van der Waals surface area contributed by atoms with Gasteiger partial charge in [-0.3, -0.25) is 5.32 Å². The molecule has 0 spiro atoms. The summed E-state index contributed by atoms with van der Waals surface area (Å²) in [5.41, 5.74) is 0.686. The number of rotatable bonds is 8. The number of aliphatic hydroxyl groups is 1. The second kappa shape index (κ2) is 10.1. The van der Waals surface area contributed by atoms with E-state index < -0.39 is 34.4 Å². The molecule has 2 amide bonds. The molecule has 2 aromatic rings. The van der Waals surface area contributed by atoms with E-state index in [0.717, 1.165) is 12.8 Å². The van der Waals surface area contributed by atoms with Crippen molar-refractivity contribution in [2.24, 2.45) is 0 Å². The number of sulfonamides is 1. The van der Waals surface area contributed by atoms with Crippen molar-refractivity contribution in [1.29, 1.82) is 0 Å². The monoisotopic (exact) mass is 471 g/mol. The molecule has 1 fully saturated rings. The van der Waals surface area contributed by atoms with Crippen molar-refractivity contribution in [3.8, 4) is 0 Å². The molecule has 13 nitrogen and oxygen atoms in total. The van der Waals surface area contributed by atoms with Crippen molar-refractivity contribution in [1.82, 2.24) is 19.9 Å². The number of fused-ring (bicyclic) bond motifs is 1. The lowest BCUT2D eigenvalue weighted by molar-refractivity contribution is -0.287. The molecule has 1 saturated carbocycles. The number of aromatic nitrogens is 2. The number of aromatic amines is 1. The number of imidazole rings is 1. The van der Waals surface area contributed by atoms with E-state index in [9.17, 15) is 23.1 Å². The van der Waals surface area contributed by atoms with Crippen LogP contribution >= 0.6 is 0 Å². The third-order valence-electron chi connectivity index (χ3n) is 4.59. The Hall–Kier alpha value is -2.94. The number of benzene rings is 1. The number of amides is 2. The fraction of sp³-hybridized carbons (Fsp3) is 0.500. The van der Waals surface area contributed by atoms with Crippen LogP contribution in [0, 0.1) is 0 Å². The van der Waals surface area contributed by atoms with E-state index in [1.54, 1.807) is 0 Å². The lowest BCUT2D eigenvalue weighted by atomic mass is 10.3. The van der Waals surface area contributed by atoms with Gasteiger partial charge in [0, 0.05) is 6.54 Å². The summed E-state index contributed by atoms with van der Waals surface area (Å²) in [5.74, 6) is 0.0641. The zero-order chi connectivity index (χ0) is 23.3. The maximum Gasteiger partial charge on any atom is 0.429 e. The maximum absolute atomic E-state index is 13.2. The van der Waals surface area contributed by atoms with Crippen LogP contribution in [0.4, 0.5) is 15.5 Å². The molecular formula is C18H25N5O8S. The van der Waals surface area contributed by atoms with Crippen molar-refractivity contribution in [2.45, 2.75) is 49.7 Å². The van der Waals surface area contributed by atoms with Gasteiger partial charge in [-0.15, -0.1) is 0 Å². The first-order chi connectivity index (χ1) is 15.2. The molecule has 176 valence electrons. The third-order valence-corrected chi connectivity index (χ3v) is 5.99. The van der Waals surface area contributed by atoms with Crippen molar-refractivity contribution in [3.63, 3.8) is 0 Å². The quantitative estimate of drug-likeness (QED) is 0.417. The summed E-state index contributed by atoms with van der Waals surface area (Å²) in [7, 11) is -3.23. The minimum atomic E-state index is -4.43. The number of aliphatic hydroxyl groups excluding tert-OH is 1. The predicted octanol–water partition coefficient (Wildman–Crippen LogP) is 1.63. The lowest BCUT2D eigenvalue weighted by Crippen LogP contribution is -2.41. The van der Waals surface area contributed by atoms with Gasteiger partial charge in [0.1, 0.15) is 4.63 Å². The van der Waals surface area contributed by atoms with Crippen LogP contribution in [0.3, 0.4) is 0 Å². The molecule has 3 rings (SSSR count). The van der Waals surface area contributed by atoms with Crippen LogP contribution in [-0.4, -0.2) is 66.2 Å². The summed E-state index contributed by atoms with van der Waals surface area (Å²) in [6.07, 6.45) is -0.157. The van der Waals surface area contributed by atoms with Crippen LogP contribution in [0.25, 0.3) is 11.0 Å². The van der Waals surface area contributed by atoms with Crippen LogP contribution in [0.2, 0.25) is 0 Å². The number of hydrogen-bond donors (Lipinski definition) is 4. The molecule has 4 N–H and O–H groups in total. The van der Waals surface area contributed by atoms with Crippen LogP contribution in [0.1, 0.15) is 32.6 Å². The number of H-pyrrole nitrogens is 1. The number of anilines is 1. The maximum atomic E-state index is 13.2. The minimum Gasteiger partial charge on any atom is -0.453 e. The Morgan fingerprint density at radius 3 is 2.69 bits per heavy atom. The molecule has 1 aliphatic rings. The van der Waals surface area contributed by atoms with Gasteiger partial charge >= 0.3 is 12.2 Å². The molecule has 0 aliphatic heterocycles. The molecule has 0 radical (unpaired) electrons. The second-order valence-electron chi connectivity index (χ2n) is 7.20. The SMILES string of the molecule is COC(=O)Nc1nc2ccc(S(=O)(=O)N(OC(=O)NCC(C)O)OC3CCCC3)cc2[nH]1. The first-order valence-corrected chi connectivity index (χ1v) is 11.3. The highest BCUT2D eigenvalue weighted by Crippen LogP contribution is 2.27. The number of methoxy groups -OCH3 is 1. The van der Waals surface area contributed by atoms with Gasteiger partial charge in [0.15, 0.2) is 0 Å².